The molecular formula is C67H71BN2O2. The first-order chi connectivity index (χ1) is 35.0. The number of para-hydroxylation sites is 1. The number of nitrogens with zero attached hydrogens (tertiary/aromatic N) is 1. The number of fused-ring (bicyclic) bond motifs is 11. The molecule has 1 aliphatic carbocycles. The lowest BCUT2D eigenvalue weighted by molar-refractivity contribution is 0.332. The lowest BCUT2D eigenvalue weighted by atomic mass is 9.60. The van der Waals surface area contributed by atoms with Crippen molar-refractivity contribution in [1.29, 1.82) is 0 Å². The molecule has 0 amide bonds. The van der Waals surface area contributed by atoms with Crippen LogP contribution in [-0.4, -0.2) is 12.3 Å². The van der Waals surface area contributed by atoms with Crippen LogP contribution in [0.3, 0.4) is 0 Å². The molecule has 0 bridgehead atoms. The lowest BCUT2D eigenvalue weighted by Gasteiger charge is -2.42. The number of nitrogens with one attached hydrogen (secondary N) is 1. The van der Waals surface area contributed by atoms with E-state index in [4.69, 9.17) is 8.83 Å². The van der Waals surface area contributed by atoms with Gasteiger partial charge in [0.1, 0.15) is 16.7 Å². The van der Waals surface area contributed by atoms with Crippen LogP contribution in [0, 0.1) is 0 Å². The van der Waals surface area contributed by atoms with Gasteiger partial charge < -0.3 is 18.7 Å². The molecule has 3 aromatic heterocycles. The number of rotatable bonds is 14. The number of hydrogen-bond acceptors (Lipinski definition) is 3. The molecule has 4 heterocycles. The van der Waals surface area contributed by atoms with Crippen LogP contribution in [-0.2, 0) is 23.7 Å². The van der Waals surface area contributed by atoms with Crippen molar-refractivity contribution in [3.05, 3.63) is 149 Å². The number of aryl methyl sites for hydroxylation is 2. The van der Waals surface area contributed by atoms with Gasteiger partial charge in [-0.05, 0) is 161 Å². The molecule has 72 heavy (non-hydrogen) atoms. The van der Waals surface area contributed by atoms with Gasteiger partial charge in [0.2, 0.25) is 7.28 Å². The average Bonchev–Trinajstić information content (AvgIpc) is 4.07. The van der Waals surface area contributed by atoms with Gasteiger partial charge in [-0.2, -0.15) is 0 Å². The number of aromatic nitrogens is 1. The fourth-order valence-corrected chi connectivity index (χ4v) is 12.9. The summed E-state index contributed by atoms with van der Waals surface area (Å²) in [5, 5.41) is 6.11. The Morgan fingerprint density at radius 2 is 1.32 bits per heavy atom. The molecule has 0 fully saturated rings. The van der Waals surface area contributed by atoms with E-state index in [9.17, 15) is 0 Å². The Bertz CT molecular complexity index is 3690. The highest BCUT2D eigenvalue weighted by atomic mass is 16.3. The third kappa shape index (κ3) is 7.80. The zero-order chi connectivity index (χ0) is 49.5. The van der Waals surface area contributed by atoms with E-state index in [0.717, 1.165) is 89.8 Å². The van der Waals surface area contributed by atoms with Crippen molar-refractivity contribution in [2.75, 3.05) is 4.90 Å². The largest absolute Gasteiger partial charge is 0.469 e. The van der Waals surface area contributed by atoms with Gasteiger partial charge in [-0.15, -0.1) is 0 Å². The first-order valence-electron chi connectivity index (χ1n) is 27.6. The molecule has 10 aromatic rings. The Hall–Kier alpha value is -6.46. The van der Waals surface area contributed by atoms with Crippen molar-refractivity contribution in [2.45, 2.75) is 149 Å². The maximum atomic E-state index is 7.44. The summed E-state index contributed by atoms with van der Waals surface area (Å²) in [5.74, 6) is 0.431. The molecule has 12 rings (SSSR count). The fourth-order valence-electron chi connectivity index (χ4n) is 12.9. The summed E-state index contributed by atoms with van der Waals surface area (Å²) in [6.45, 7) is 19.0. The number of unbranched alkanes of at least 4 members (excludes halogenated alkanes) is 4. The van der Waals surface area contributed by atoms with Crippen molar-refractivity contribution < 1.29 is 8.83 Å². The van der Waals surface area contributed by atoms with Gasteiger partial charge in [0.15, 0.2) is 0 Å². The molecular weight excluding hydrogens is 876 g/mol. The predicted octanol–water partition coefficient (Wildman–Crippen LogP) is 18.2. The topological polar surface area (TPSA) is 45.3 Å². The van der Waals surface area contributed by atoms with Crippen LogP contribution in [0.25, 0.3) is 77.0 Å². The first kappa shape index (κ1) is 46.6. The summed E-state index contributed by atoms with van der Waals surface area (Å²) in [6.07, 6.45) is 14.0. The highest BCUT2D eigenvalue weighted by Crippen LogP contribution is 2.53. The Balaban J connectivity index is 1.20. The molecule has 2 aliphatic rings. The minimum atomic E-state index is 0.0316. The van der Waals surface area contributed by atoms with Crippen LogP contribution < -0.4 is 16.0 Å². The van der Waals surface area contributed by atoms with Crippen LogP contribution in [0.1, 0.15) is 153 Å². The van der Waals surface area contributed by atoms with E-state index in [0.29, 0.717) is 13.2 Å². The first-order valence-corrected chi connectivity index (χ1v) is 27.6. The van der Waals surface area contributed by atoms with Gasteiger partial charge in [-0.25, -0.2) is 0 Å². The van der Waals surface area contributed by atoms with Gasteiger partial charge in [-0.3, -0.25) is 0 Å². The van der Waals surface area contributed by atoms with Gasteiger partial charge in [0.05, 0.1) is 22.6 Å². The van der Waals surface area contributed by atoms with E-state index in [1.165, 1.54) is 120 Å². The number of aromatic amines is 1. The summed E-state index contributed by atoms with van der Waals surface area (Å²) < 4.78 is 14.6. The molecule has 1 aliphatic heterocycles. The lowest BCUT2D eigenvalue weighted by Crippen LogP contribution is -2.40. The van der Waals surface area contributed by atoms with Crippen LogP contribution in [0.5, 0.6) is 0 Å². The molecule has 0 unspecified atom stereocenters. The molecule has 364 valence electrons. The third-order valence-electron chi connectivity index (χ3n) is 17.1. The normalized spacial score (nSPS) is 15.4. The molecule has 1 N–H and O–H groups in total. The van der Waals surface area contributed by atoms with E-state index >= 15 is 0 Å². The zero-order valence-electron chi connectivity index (χ0n) is 44.1. The van der Waals surface area contributed by atoms with Crippen LogP contribution >= 0.6 is 0 Å². The van der Waals surface area contributed by atoms with E-state index in [1.54, 1.807) is 0 Å². The predicted molar refractivity (Wildman–Crippen MR) is 310 cm³/mol. The molecule has 7 aromatic carbocycles. The zero-order valence-corrected chi connectivity index (χ0v) is 44.1. The number of benzene rings is 7. The van der Waals surface area contributed by atoms with Crippen molar-refractivity contribution in [3.8, 4) is 22.3 Å². The van der Waals surface area contributed by atoms with E-state index in [1.807, 2.05) is 0 Å². The molecule has 0 radical (unpaired) electrons. The molecule has 0 saturated carbocycles. The average molecular weight is 947 g/mol. The fraction of sp³-hybridized carbons (Fsp3) is 0.343. The van der Waals surface area contributed by atoms with Crippen molar-refractivity contribution in [3.63, 3.8) is 0 Å². The van der Waals surface area contributed by atoms with Crippen LogP contribution in [0.2, 0.25) is 0 Å². The quantitative estimate of drug-likeness (QED) is 0.0873. The second-order valence-corrected chi connectivity index (χ2v) is 23.1. The highest BCUT2D eigenvalue weighted by molar-refractivity contribution is 6.73. The molecule has 0 spiro atoms. The number of furan rings is 2. The smallest absolute Gasteiger partial charge is 0.244 e. The Labute approximate surface area is 427 Å². The summed E-state index contributed by atoms with van der Waals surface area (Å²) >= 11 is 0. The minimum Gasteiger partial charge on any atom is -0.469 e. The highest BCUT2D eigenvalue weighted by Gasteiger charge is 2.41. The Morgan fingerprint density at radius 3 is 2.08 bits per heavy atom. The minimum absolute atomic E-state index is 0.0316. The number of hydrogen-bond donors (Lipinski definition) is 1. The van der Waals surface area contributed by atoms with Crippen molar-refractivity contribution in [2.24, 2.45) is 0 Å². The van der Waals surface area contributed by atoms with Crippen molar-refractivity contribution >= 4 is 90.2 Å². The van der Waals surface area contributed by atoms with Gasteiger partial charge in [0, 0.05) is 55.3 Å². The summed E-state index contributed by atoms with van der Waals surface area (Å²) in [5.41, 5.74) is 22.9. The summed E-state index contributed by atoms with van der Waals surface area (Å²) in [4.78, 5) is 6.66. The van der Waals surface area contributed by atoms with E-state index < -0.39 is 0 Å². The standard InChI is InChI=1S/C67H71BN2O2/c1-9-12-15-22-42-28-30-54-48(34-42)49-35-43(23-16-13-10-2)36-51(63(49)69-54)61-60-46-26-19-20-27-57(46)71-59(60)40-56-62(61)68-65-64(50-38-52-53(39-58(50)72-65)67(7,8)33-32-66(52,5)6)70(56)55-31-29-45(41(4)21-11-3)37-47(55)44-24-17-14-18-25-44/h14,17-20,24-31,34-41,68-69H,9-13,15-16,21-23,32-33H2,1-8H3/t41-/m0/s1. The molecule has 1 atom stereocenters. The summed E-state index contributed by atoms with van der Waals surface area (Å²) in [7, 11) is 0.647. The van der Waals surface area contributed by atoms with Gasteiger partial charge in [0.25, 0.3) is 0 Å². The van der Waals surface area contributed by atoms with Gasteiger partial charge >= 0.3 is 0 Å². The second-order valence-electron chi connectivity index (χ2n) is 23.1. The van der Waals surface area contributed by atoms with Crippen molar-refractivity contribution in [1.82, 2.24) is 4.98 Å². The monoisotopic (exact) mass is 947 g/mol. The Kier molecular flexibility index (Phi) is 11.8. The maximum absolute atomic E-state index is 7.44. The maximum Gasteiger partial charge on any atom is 0.244 e. The third-order valence-corrected chi connectivity index (χ3v) is 17.1. The van der Waals surface area contributed by atoms with Crippen LogP contribution in [0.4, 0.5) is 17.1 Å². The molecule has 5 heteroatoms. The van der Waals surface area contributed by atoms with E-state index in [2.05, 4.69) is 187 Å². The van der Waals surface area contributed by atoms with Crippen LogP contribution in [0.15, 0.2) is 130 Å². The number of H-pyrrole nitrogens is 1. The summed E-state index contributed by atoms with van der Waals surface area (Å²) in [6, 6.07) is 46.6. The second kappa shape index (κ2) is 18.2. The van der Waals surface area contributed by atoms with Gasteiger partial charge in [-0.1, -0.05) is 148 Å². The number of anilines is 3. The molecule has 4 nitrogen and oxygen atoms in total. The SMILES string of the molecule is CCCCCc1ccc2[nH]c3c(-c4c5c(cc6oc7ccccc7c46)N(c4ccc([C@@H](C)CCC)cc4-c4ccccc4)c4c(oc6cc7c(cc46)C(C)(C)CCC7(C)C)B5)cc(CCCCC)cc3c2c1. The molecule has 0 saturated heterocycles. The Morgan fingerprint density at radius 1 is 0.597 bits per heavy atom. The van der Waals surface area contributed by atoms with E-state index in [-0.39, 0.29) is 10.8 Å².